The Morgan fingerprint density at radius 3 is 2.45 bits per heavy atom. The minimum Gasteiger partial charge on any atom is -0.451 e. The van der Waals surface area contributed by atoms with Gasteiger partial charge in [-0.15, -0.1) is 0 Å². The number of likely N-dealkylation sites (N-methyl/N-ethyl adjacent to an activating group) is 1. The summed E-state index contributed by atoms with van der Waals surface area (Å²) < 4.78 is 49.7. The zero-order valence-electron chi connectivity index (χ0n) is 24.5. The highest BCUT2D eigenvalue weighted by Gasteiger charge is 2.36. The third-order valence-electron chi connectivity index (χ3n) is 7.60. The van der Waals surface area contributed by atoms with Crippen molar-refractivity contribution in [3.63, 3.8) is 0 Å². The van der Waals surface area contributed by atoms with Crippen molar-refractivity contribution in [1.82, 2.24) is 15.1 Å². The van der Waals surface area contributed by atoms with Crippen molar-refractivity contribution in [2.75, 3.05) is 20.1 Å². The Kier molecular flexibility index (Phi) is 10.7. The van der Waals surface area contributed by atoms with E-state index in [4.69, 9.17) is 9.15 Å². The van der Waals surface area contributed by atoms with Gasteiger partial charge in [0.2, 0.25) is 5.91 Å². The molecule has 1 fully saturated rings. The molecule has 2 aromatic carbocycles. The summed E-state index contributed by atoms with van der Waals surface area (Å²) in [4.78, 5) is 42.1. The van der Waals surface area contributed by atoms with Crippen LogP contribution in [0.2, 0.25) is 0 Å². The van der Waals surface area contributed by atoms with E-state index in [1.54, 1.807) is 7.05 Å². The number of furan rings is 1. The lowest BCUT2D eigenvalue weighted by molar-refractivity contribution is -0.138. The molecule has 1 saturated heterocycles. The summed E-state index contributed by atoms with van der Waals surface area (Å²) in [6, 6.07) is 15.0. The molecule has 1 aliphatic heterocycles. The first-order valence-electron chi connectivity index (χ1n) is 14.5. The van der Waals surface area contributed by atoms with Crippen molar-refractivity contribution in [2.24, 2.45) is 0 Å². The van der Waals surface area contributed by atoms with Crippen molar-refractivity contribution in [1.29, 1.82) is 0 Å². The molecule has 3 aromatic rings. The van der Waals surface area contributed by atoms with Crippen LogP contribution in [0.1, 0.15) is 54.3 Å². The van der Waals surface area contributed by atoms with Crippen LogP contribution in [-0.4, -0.2) is 71.1 Å². The molecule has 44 heavy (non-hydrogen) atoms. The molecule has 0 spiro atoms. The summed E-state index contributed by atoms with van der Waals surface area (Å²) >= 11 is 0. The second-order valence-corrected chi connectivity index (χ2v) is 10.8. The number of nitrogens with one attached hydrogen (secondary N) is 1. The van der Waals surface area contributed by atoms with Gasteiger partial charge in [0.15, 0.2) is 5.76 Å². The summed E-state index contributed by atoms with van der Waals surface area (Å²) in [6.45, 7) is 2.31. The van der Waals surface area contributed by atoms with Gasteiger partial charge in [0.25, 0.3) is 5.91 Å². The van der Waals surface area contributed by atoms with E-state index in [2.05, 4.69) is 5.32 Å². The number of alkyl halides is 3. The lowest BCUT2D eigenvalue weighted by Gasteiger charge is -2.34. The Labute approximate surface area is 253 Å². The highest BCUT2D eigenvalue weighted by Crippen LogP contribution is 2.31. The maximum absolute atomic E-state index is 13.5. The van der Waals surface area contributed by atoms with Gasteiger partial charge in [-0.25, -0.2) is 4.79 Å². The average molecular weight is 616 g/mol. The van der Waals surface area contributed by atoms with Crippen molar-refractivity contribution < 1.29 is 41.8 Å². The molecule has 1 aromatic heterocycles. The highest BCUT2D eigenvalue weighted by atomic mass is 19.4. The minimum absolute atomic E-state index is 0.0141. The van der Waals surface area contributed by atoms with Gasteiger partial charge in [0, 0.05) is 19.2 Å². The van der Waals surface area contributed by atoms with Crippen molar-refractivity contribution in [3.8, 4) is 11.3 Å². The van der Waals surface area contributed by atoms with Gasteiger partial charge >= 0.3 is 12.3 Å². The number of halogens is 3. The monoisotopic (exact) mass is 615 g/mol. The molecule has 0 bridgehead atoms. The molecule has 12 heteroatoms. The first-order valence-corrected chi connectivity index (χ1v) is 14.5. The van der Waals surface area contributed by atoms with E-state index in [1.807, 2.05) is 37.3 Å². The molecule has 2 heterocycles. The second kappa shape index (κ2) is 14.4. The predicted octanol–water partition coefficient (Wildman–Crippen LogP) is 5.48. The number of carbonyl (C=O) groups is 3. The van der Waals surface area contributed by atoms with Crippen LogP contribution in [0.4, 0.5) is 18.0 Å². The van der Waals surface area contributed by atoms with Crippen LogP contribution in [0.5, 0.6) is 0 Å². The van der Waals surface area contributed by atoms with E-state index in [-0.39, 0.29) is 24.7 Å². The number of amides is 3. The minimum atomic E-state index is -4.47. The molecule has 9 nitrogen and oxygen atoms in total. The summed E-state index contributed by atoms with van der Waals surface area (Å²) in [5.74, 6) is -0.959. The topological polar surface area (TPSA) is 112 Å². The van der Waals surface area contributed by atoms with E-state index in [1.165, 1.54) is 34.1 Å². The van der Waals surface area contributed by atoms with Gasteiger partial charge in [0.1, 0.15) is 18.4 Å². The molecule has 2 N–H and O–H groups in total. The van der Waals surface area contributed by atoms with Crippen LogP contribution in [0.15, 0.2) is 71.1 Å². The number of likely N-dealkylation sites (tertiary alicyclic amines) is 1. The van der Waals surface area contributed by atoms with E-state index in [0.29, 0.717) is 37.8 Å². The van der Waals surface area contributed by atoms with Crippen LogP contribution in [0, 0.1) is 0 Å². The van der Waals surface area contributed by atoms with E-state index in [9.17, 15) is 32.7 Å². The Morgan fingerprint density at radius 1 is 1.09 bits per heavy atom. The van der Waals surface area contributed by atoms with Gasteiger partial charge < -0.3 is 29.4 Å². The zero-order chi connectivity index (χ0) is 31.9. The van der Waals surface area contributed by atoms with Gasteiger partial charge in [0.05, 0.1) is 24.3 Å². The summed E-state index contributed by atoms with van der Waals surface area (Å²) in [5.41, 5.74) is 0.400. The SMILES string of the molecule is CCC[C@H](NC(=O)c1ccc(-c2ccc(C(F)(F)F)cc2)o1)C(=O)N(C)C1CCCN(C(=O)OCc2ccccc2)CC1O. The maximum atomic E-state index is 13.5. The number of β-amino-alcohol motifs (C(OH)–C–C–N with tert-alkyl or cyclic N) is 1. The van der Waals surface area contributed by atoms with Crippen molar-refractivity contribution >= 4 is 17.9 Å². The molecule has 0 radical (unpaired) electrons. The van der Waals surface area contributed by atoms with E-state index >= 15 is 0 Å². The fourth-order valence-electron chi connectivity index (χ4n) is 5.17. The summed E-state index contributed by atoms with van der Waals surface area (Å²) in [5, 5.41) is 13.7. The second-order valence-electron chi connectivity index (χ2n) is 10.8. The molecule has 4 rings (SSSR count). The first kappa shape index (κ1) is 32.6. The lowest BCUT2D eigenvalue weighted by atomic mass is 10.0. The standard InChI is InChI=1S/C32H36F3N3O6/c1-3-8-24(36-29(40)28-17-16-27(44-28)22-12-14-23(15-13-22)32(33,34)35)30(41)37(2)25-11-7-18-38(19-26(25)39)31(42)43-20-21-9-5-4-6-10-21/h4-6,9-10,12-17,24-26,39H,3,7-8,11,18-20H2,1-2H3,(H,36,40)/t24-,25?,26?/m0/s1. The number of nitrogens with zero attached hydrogens (tertiary/aromatic N) is 2. The van der Waals surface area contributed by atoms with Crippen molar-refractivity contribution in [2.45, 2.75) is 63.6 Å². The molecular formula is C32H36F3N3O6. The van der Waals surface area contributed by atoms with E-state index < -0.39 is 47.8 Å². The molecule has 2 unspecified atom stereocenters. The number of carbonyl (C=O) groups excluding carboxylic acids is 3. The van der Waals surface area contributed by atoms with Gasteiger partial charge in [-0.1, -0.05) is 55.8 Å². The summed E-state index contributed by atoms with van der Waals surface area (Å²) in [6.07, 6.45) is -4.19. The summed E-state index contributed by atoms with van der Waals surface area (Å²) in [7, 11) is 1.56. The molecule has 3 atom stereocenters. The third kappa shape index (κ3) is 8.19. The molecule has 1 aliphatic rings. The highest BCUT2D eigenvalue weighted by molar-refractivity contribution is 5.96. The number of hydrogen-bond donors (Lipinski definition) is 2. The maximum Gasteiger partial charge on any atom is 0.416 e. The average Bonchev–Trinajstić information content (AvgIpc) is 3.43. The van der Waals surface area contributed by atoms with Crippen LogP contribution >= 0.6 is 0 Å². The third-order valence-corrected chi connectivity index (χ3v) is 7.60. The van der Waals surface area contributed by atoms with Crippen molar-refractivity contribution in [3.05, 3.63) is 83.6 Å². The zero-order valence-corrected chi connectivity index (χ0v) is 24.5. The number of benzene rings is 2. The first-order chi connectivity index (χ1) is 21.0. The van der Waals surface area contributed by atoms with Crippen LogP contribution in [-0.2, 0) is 22.3 Å². The molecule has 236 valence electrons. The Balaban J connectivity index is 1.36. The molecule has 0 aliphatic carbocycles. The number of hydrogen-bond acceptors (Lipinski definition) is 6. The Hall–Kier alpha value is -4.32. The Morgan fingerprint density at radius 2 is 1.80 bits per heavy atom. The number of ether oxygens (including phenoxy) is 1. The molecule has 0 saturated carbocycles. The van der Waals surface area contributed by atoms with Crippen LogP contribution < -0.4 is 5.32 Å². The van der Waals surface area contributed by atoms with Gasteiger partial charge in [-0.05, 0) is 49.1 Å². The Bertz CT molecular complexity index is 1410. The van der Waals surface area contributed by atoms with Crippen LogP contribution in [0.3, 0.4) is 0 Å². The largest absolute Gasteiger partial charge is 0.451 e. The predicted molar refractivity (Wildman–Crippen MR) is 155 cm³/mol. The number of rotatable bonds is 9. The number of aliphatic hydroxyl groups excluding tert-OH is 1. The quantitative estimate of drug-likeness (QED) is 0.330. The van der Waals surface area contributed by atoms with Gasteiger partial charge in [-0.2, -0.15) is 13.2 Å². The number of aliphatic hydroxyl groups is 1. The smallest absolute Gasteiger partial charge is 0.416 e. The fourth-order valence-corrected chi connectivity index (χ4v) is 5.17. The van der Waals surface area contributed by atoms with Gasteiger partial charge in [-0.3, -0.25) is 9.59 Å². The normalized spacial score (nSPS) is 17.8. The molecule has 3 amide bonds. The molecular weight excluding hydrogens is 579 g/mol. The van der Waals surface area contributed by atoms with E-state index in [0.717, 1.165) is 17.7 Å². The van der Waals surface area contributed by atoms with Crippen LogP contribution in [0.25, 0.3) is 11.3 Å². The fraction of sp³-hybridized carbons (Fsp3) is 0.406. The lowest BCUT2D eigenvalue weighted by Crippen LogP contribution is -2.54.